The van der Waals surface area contributed by atoms with Crippen molar-refractivity contribution in [3.8, 4) is 11.4 Å². The van der Waals surface area contributed by atoms with E-state index in [2.05, 4.69) is 6.58 Å². The lowest BCUT2D eigenvalue weighted by atomic mass is 10.0. The van der Waals surface area contributed by atoms with Gasteiger partial charge in [-0.1, -0.05) is 67.3 Å². The predicted octanol–water partition coefficient (Wildman–Crippen LogP) is 5.63. The maximum absolute atomic E-state index is 4.79. The van der Waals surface area contributed by atoms with E-state index in [0.717, 1.165) is 33.9 Å². The summed E-state index contributed by atoms with van der Waals surface area (Å²) in [4.78, 5) is 9.50. The quantitative estimate of drug-likeness (QED) is 0.669. The van der Waals surface area contributed by atoms with E-state index >= 15 is 0 Å². The summed E-state index contributed by atoms with van der Waals surface area (Å²) in [6, 6.07) is 10.0. The molecule has 1 aromatic carbocycles. The highest BCUT2D eigenvalue weighted by Gasteiger charge is 2.12. The van der Waals surface area contributed by atoms with Crippen LogP contribution in [0.2, 0.25) is 0 Å². The number of aromatic nitrogens is 2. The molecule has 2 heteroatoms. The molecular weight excluding hydrogens is 280 g/mol. The average Bonchev–Trinajstić information content (AvgIpc) is 2.59. The second-order valence-corrected chi connectivity index (χ2v) is 5.12. The Balaban J connectivity index is 2.70. The zero-order chi connectivity index (χ0) is 16.7. The van der Waals surface area contributed by atoms with Gasteiger partial charge in [0.25, 0.3) is 0 Å². The smallest absolute Gasteiger partial charge is 0.160 e. The van der Waals surface area contributed by atoms with Crippen molar-refractivity contribution in [2.24, 2.45) is 0 Å². The van der Waals surface area contributed by atoms with E-state index in [9.17, 15) is 0 Å². The third-order valence-corrected chi connectivity index (χ3v) is 3.50. The minimum absolute atomic E-state index is 0.729. The number of nitrogens with zero attached hydrogens (tertiary/aromatic N) is 2. The van der Waals surface area contributed by atoms with Crippen LogP contribution in [-0.2, 0) is 0 Å². The van der Waals surface area contributed by atoms with E-state index in [0.29, 0.717) is 0 Å². The summed E-state index contributed by atoms with van der Waals surface area (Å²) in [6.45, 7) is 9.96. The van der Waals surface area contributed by atoms with Gasteiger partial charge in [0.15, 0.2) is 5.82 Å². The molecule has 0 saturated carbocycles. The summed E-state index contributed by atoms with van der Waals surface area (Å²) in [7, 11) is 0. The van der Waals surface area contributed by atoms with Crippen molar-refractivity contribution in [2.75, 3.05) is 0 Å². The summed E-state index contributed by atoms with van der Waals surface area (Å²) < 4.78 is 0. The van der Waals surface area contributed by atoms with E-state index < -0.39 is 0 Å². The SMILES string of the molecule is C=C/C(=C\C=C/C)c1nc(-c2ccccc2)nc(/C=C\C)c1C. The molecule has 0 bridgehead atoms. The molecule has 0 radical (unpaired) electrons. The number of hydrogen-bond acceptors (Lipinski definition) is 2. The van der Waals surface area contributed by atoms with Gasteiger partial charge in [0.1, 0.15) is 0 Å². The molecule has 2 nitrogen and oxygen atoms in total. The van der Waals surface area contributed by atoms with E-state index in [1.165, 1.54) is 0 Å². The molecule has 0 fully saturated rings. The highest BCUT2D eigenvalue weighted by atomic mass is 14.9. The third kappa shape index (κ3) is 3.92. The Bertz CT molecular complexity index is 766. The van der Waals surface area contributed by atoms with Gasteiger partial charge in [-0.05, 0) is 32.4 Å². The first-order valence-corrected chi connectivity index (χ1v) is 7.73. The molecule has 0 aliphatic rings. The van der Waals surface area contributed by atoms with Crippen LogP contribution in [0.1, 0.15) is 30.8 Å². The van der Waals surface area contributed by atoms with Gasteiger partial charge in [-0.25, -0.2) is 9.97 Å². The Morgan fingerprint density at radius 1 is 1.04 bits per heavy atom. The van der Waals surface area contributed by atoms with Crippen LogP contribution in [-0.4, -0.2) is 9.97 Å². The largest absolute Gasteiger partial charge is 0.228 e. The van der Waals surface area contributed by atoms with Gasteiger partial charge in [-0.2, -0.15) is 0 Å². The normalized spacial score (nSPS) is 12.2. The molecule has 1 heterocycles. The van der Waals surface area contributed by atoms with Crippen LogP contribution in [0.25, 0.3) is 23.0 Å². The van der Waals surface area contributed by atoms with Gasteiger partial charge < -0.3 is 0 Å². The minimum Gasteiger partial charge on any atom is -0.228 e. The molecule has 0 N–H and O–H groups in total. The first kappa shape index (κ1) is 16.6. The molecule has 0 saturated heterocycles. The number of allylic oxidation sites excluding steroid dienone is 6. The molecule has 0 aliphatic heterocycles. The monoisotopic (exact) mass is 302 g/mol. The van der Waals surface area contributed by atoms with Gasteiger partial charge >= 0.3 is 0 Å². The molecule has 23 heavy (non-hydrogen) atoms. The highest BCUT2D eigenvalue weighted by molar-refractivity contribution is 5.77. The van der Waals surface area contributed by atoms with Gasteiger partial charge in [-0.3, -0.25) is 0 Å². The van der Waals surface area contributed by atoms with Crippen molar-refractivity contribution in [2.45, 2.75) is 20.8 Å². The number of benzene rings is 1. The number of rotatable bonds is 5. The van der Waals surface area contributed by atoms with Crippen LogP contribution >= 0.6 is 0 Å². The molecular formula is C21H22N2. The van der Waals surface area contributed by atoms with E-state index in [1.807, 2.05) is 87.6 Å². The van der Waals surface area contributed by atoms with Crippen molar-refractivity contribution in [1.29, 1.82) is 0 Å². The Morgan fingerprint density at radius 2 is 1.78 bits per heavy atom. The standard InChI is InChI=1S/C21H22N2/c1-5-8-13-17(7-3)20-16(4)19(12-6-2)22-21(23-20)18-14-10-9-11-15-18/h5-15H,3H2,1-2,4H3/b8-5-,12-6-,17-13+. The summed E-state index contributed by atoms with van der Waals surface area (Å²) >= 11 is 0. The summed E-state index contributed by atoms with van der Waals surface area (Å²) in [5, 5.41) is 0. The second kappa shape index (κ2) is 8.04. The fourth-order valence-electron chi connectivity index (χ4n) is 2.30. The van der Waals surface area contributed by atoms with E-state index in [-0.39, 0.29) is 0 Å². The lowest BCUT2D eigenvalue weighted by molar-refractivity contribution is 1.10. The zero-order valence-corrected chi connectivity index (χ0v) is 14.0. The van der Waals surface area contributed by atoms with Gasteiger partial charge in [0.05, 0.1) is 11.4 Å². The molecule has 0 aliphatic carbocycles. The van der Waals surface area contributed by atoms with Crippen LogP contribution in [0.5, 0.6) is 0 Å². The van der Waals surface area contributed by atoms with Gasteiger partial charge in [0, 0.05) is 11.1 Å². The summed E-state index contributed by atoms with van der Waals surface area (Å²) in [5.74, 6) is 0.729. The number of hydrogen-bond donors (Lipinski definition) is 0. The molecule has 116 valence electrons. The van der Waals surface area contributed by atoms with Crippen LogP contribution in [0.15, 0.2) is 67.3 Å². The Hall–Kier alpha value is -2.74. The maximum atomic E-state index is 4.79. The van der Waals surface area contributed by atoms with Crippen LogP contribution < -0.4 is 0 Å². The first-order valence-electron chi connectivity index (χ1n) is 7.73. The summed E-state index contributed by atoms with van der Waals surface area (Å²) in [6.07, 6.45) is 11.9. The Morgan fingerprint density at radius 3 is 2.39 bits per heavy atom. The van der Waals surface area contributed by atoms with Crippen molar-refractivity contribution in [1.82, 2.24) is 9.97 Å². The topological polar surface area (TPSA) is 25.8 Å². The lowest BCUT2D eigenvalue weighted by Crippen LogP contribution is -2.02. The maximum Gasteiger partial charge on any atom is 0.160 e. The van der Waals surface area contributed by atoms with Crippen LogP contribution in [0.3, 0.4) is 0 Å². The molecule has 1 aromatic heterocycles. The fourth-order valence-corrected chi connectivity index (χ4v) is 2.30. The first-order chi connectivity index (χ1) is 11.2. The lowest BCUT2D eigenvalue weighted by Gasteiger charge is -2.11. The molecule has 2 rings (SSSR count). The van der Waals surface area contributed by atoms with E-state index in [4.69, 9.17) is 9.97 Å². The zero-order valence-electron chi connectivity index (χ0n) is 14.0. The average molecular weight is 302 g/mol. The fraction of sp³-hybridized carbons (Fsp3) is 0.143. The second-order valence-electron chi connectivity index (χ2n) is 5.12. The van der Waals surface area contributed by atoms with Crippen molar-refractivity contribution in [3.05, 3.63) is 84.2 Å². The molecule has 2 aromatic rings. The molecule has 0 amide bonds. The minimum atomic E-state index is 0.729. The van der Waals surface area contributed by atoms with Crippen molar-refractivity contribution >= 4 is 11.6 Å². The highest BCUT2D eigenvalue weighted by Crippen LogP contribution is 2.25. The summed E-state index contributed by atoms with van der Waals surface area (Å²) in [5.41, 5.74) is 4.91. The molecule has 0 spiro atoms. The predicted molar refractivity (Wildman–Crippen MR) is 99.9 cm³/mol. The van der Waals surface area contributed by atoms with Crippen molar-refractivity contribution in [3.63, 3.8) is 0 Å². The Kier molecular flexibility index (Phi) is 5.81. The van der Waals surface area contributed by atoms with Crippen molar-refractivity contribution < 1.29 is 0 Å². The molecule has 0 unspecified atom stereocenters. The third-order valence-electron chi connectivity index (χ3n) is 3.50. The Labute approximate surface area is 138 Å². The van der Waals surface area contributed by atoms with Gasteiger partial charge in [-0.15, -0.1) is 0 Å². The van der Waals surface area contributed by atoms with E-state index in [1.54, 1.807) is 0 Å². The van der Waals surface area contributed by atoms with Crippen LogP contribution in [0.4, 0.5) is 0 Å². The molecule has 0 atom stereocenters. The van der Waals surface area contributed by atoms with Crippen LogP contribution in [0, 0.1) is 6.92 Å². The van der Waals surface area contributed by atoms with Gasteiger partial charge in [0.2, 0.25) is 0 Å².